The minimum atomic E-state index is -1.49. The van der Waals surface area contributed by atoms with Crippen molar-refractivity contribution in [2.75, 3.05) is 19.7 Å². The second kappa shape index (κ2) is 25.0. The highest BCUT2D eigenvalue weighted by Crippen LogP contribution is 2.21. The summed E-state index contributed by atoms with van der Waals surface area (Å²) in [6, 6.07) is 1.23. The third kappa shape index (κ3) is 16.0. The van der Waals surface area contributed by atoms with E-state index in [0.29, 0.717) is 38.6 Å². The Kier molecular flexibility index (Phi) is 21.4. The molecule has 0 radical (unpaired) electrons. The molecular weight excluding hydrogens is 748 g/mol. The minimum absolute atomic E-state index is 0.00360. The SMILES string of the molecule is CC[C@H](C)[C@H](NC(=O)[C@H](CO)NC(=O)[C@H](CC(C)C)NC(=O)[C@@H]1CCCN1C(=O)[C@H](Cc1ccccc1)NC(=O)[C@H](CC(C)C)NC(=O)[C@@H](N)CCCCN)C(=O)O. The minimum Gasteiger partial charge on any atom is -0.480 e. The predicted molar refractivity (Wildman–Crippen MR) is 219 cm³/mol. The molecule has 1 aliphatic heterocycles. The van der Waals surface area contributed by atoms with Gasteiger partial charge >= 0.3 is 5.97 Å². The van der Waals surface area contributed by atoms with Gasteiger partial charge in [0.25, 0.3) is 0 Å². The van der Waals surface area contributed by atoms with Gasteiger partial charge in [-0.3, -0.25) is 28.8 Å². The fourth-order valence-corrected chi connectivity index (χ4v) is 6.82. The first-order chi connectivity index (χ1) is 27.4. The van der Waals surface area contributed by atoms with Crippen molar-refractivity contribution < 1.29 is 43.8 Å². The molecule has 1 fully saturated rings. The van der Waals surface area contributed by atoms with Crippen molar-refractivity contribution in [2.45, 2.75) is 142 Å². The highest BCUT2D eigenvalue weighted by molar-refractivity contribution is 5.97. The first-order valence-electron chi connectivity index (χ1n) is 20.6. The lowest BCUT2D eigenvalue weighted by atomic mass is 9.99. The number of nitrogens with zero attached hydrogens (tertiary/aromatic N) is 1. The van der Waals surface area contributed by atoms with E-state index in [0.717, 1.165) is 5.56 Å². The van der Waals surface area contributed by atoms with Crippen molar-refractivity contribution in [1.82, 2.24) is 31.5 Å². The van der Waals surface area contributed by atoms with Gasteiger partial charge in [0.05, 0.1) is 12.6 Å². The Hall–Kier alpha value is -4.61. The Morgan fingerprint density at radius 3 is 1.86 bits per heavy atom. The number of nitrogens with one attached hydrogen (secondary N) is 5. The maximum absolute atomic E-state index is 14.4. The molecule has 0 unspecified atom stereocenters. The monoisotopic (exact) mass is 817 g/mol. The van der Waals surface area contributed by atoms with Crippen LogP contribution in [0.25, 0.3) is 0 Å². The second-order valence-electron chi connectivity index (χ2n) is 16.2. The molecule has 1 heterocycles. The quantitative estimate of drug-likeness (QED) is 0.0606. The molecule has 17 nitrogen and oxygen atoms in total. The summed E-state index contributed by atoms with van der Waals surface area (Å²) in [6.07, 6.45) is 3.49. The van der Waals surface area contributed by atoms with Gasteiger partial charge in [-0.2, -0.15) is 0 Å². The van der Waals surface area contributed by atoms with Gasteiger partial charge in [0.15, 0.2) is 0 Å². The molecule has 1 aromatic rings. The summed E-state index contributed by atoms with van der Waals surface area (Å²) in [7, 11) is 0. The first kappa shape index (κ1) is 49.5. The van der Waals surface area contributed by atoms with Gasteiger partial charge in [0.1, 0.15) is 36.3 Å². The zero-order chi connectivity index (χ0) is 43.5. The number of carboxylic acids is 1. The maximum atomic E-state index is 14.4. The van der Waals surface area contributed by atoms with E-state index < -0.39 is 96.2 Å². The van der Waals surface area contributed by atoms with Gasteiger partial charge in [0, 0.05) is 13.0 Å². The topological polar surface area (TPSA) is 275 Å². The molecule has 0 aromatic heterocycles. The molecule has 1 saturated heterocycles. The van der Waals surface area contributed by atoms with Crippen molar-refractivity contribution in [3.05, 3.63) is 35.9 Å². The third-order valence-electron chi connectivity index (χ3n) is 10.3. The lowest BCUT2D eigenvalue weighted by Gasteiger charge is -2.31. The number of hydrogen-bond donors (Lipinski definition) is 9. The van der Waals surface area contributed by atoms with Gasteiger partial charge < -0.3 is 53.2 Å². The van der Waals surface area contributed by atoms with E-state index in [1.165, 1.54) is 4.90 Å². The molecule has 326 valence electrons. The summed E-state index contributed by atoms with van der Waals surface area (Å²) in [5.41, 5.74) is 12.5. The fourth-order valence-electron chi connectivity index (χ4n) is 6.82. The van der Waals surface area contributed by atoms with E-state index in [4.69, 9.17) is 11.5 Å². The van der Waals surface area contributed by atoms with Gasteiger partial charge in [-0.1, -0.05) is 84.7 Å². The number of amides is 6. The van der Waals surface area contributed by atoms with Crippen LogP contribution < -0.4 is 38.1 Å². The summed E-state index contributed by atoms with van der Waals surface area (Å²) in [5, 5.41) is 32.8. The smallest absolute Gasteiger partial charge is 0.326 e. The zero-order valence-electron chi connectivity index (χ0n) is 35.0. The van der Waals surface area contributed by atoms with Gasteiger partial charge in [-0.05, 0) is 68.4 Å². The first-order valence-corrected chi connectivity index (χ1v) is 20.6. The lowest BCUT2D eigenvalue weighted by molar-refractivity contribution is -0.144. The standard InChI is InChI=1S/C41H68N8O9/c1-7-26(6)34(41(57)58)48-38(54)32(23-50)47-37(53)30(21-25(4)5)45-39(55)33-17-13-19-49(33)40(56)31(22-27-14-9-8-10-15-27)46-36(52)29(20-24(2)3)44-35(51)28(43)16-11-12-18-42/h8-10,14-15,24-26,28-34,50H,7,11-13,16-23,42-43H2,1-6H3,(H,44,51)(H,45,55)(H,46,52)(H,47,53)(H,48,54)(H,57,58)/t26-,28-,29-,30-,31-,32-,33-,34-/m0/s1. The molecular formula is C41H68N8O9. The van der Waals surface area contributed by atoms with E-state index in [2.05, 4.69) is 26.6 Å². The lowest BCUT2D eigenvalue weighted by Crippen LogP contribution is -2.60. The number of aliphatic hydroxyl groups excluding tert-OH is 1. The molecule has 1 aliphatic rings. The van der Waals surface area contributed by atoms with Gasteiger partial charge in [-0.15, -0.1) is 0 Å². The highest BCUT2D eigenvalue weighted by Gasteiger charge is 2.40. The van der Waals surface area contributed by atoms with Crippen molar-refractivity contribution >= 4 is 41.4 Å². The van der Waals surface area contributed by atoms with Crippen molar-refractivity contribution in [1.29, 1.82) is 0 Å². The fraction of sp³-hybridized carbons (Fsp3) is 0.683. The summed E-state index contributed by atoms with van der Waals surface area (Å²) >= 11 is 0. The van der Waals surface area contributed by atoms with Crippen LogP contribution in [0.15, 0.2) is 30.3 Å². The number of carbonyl (C=O) groups excluding carboxylic acids is 6. The number of carboxylic acid groups (broad SMARTS) is 1. The molecule has 1 aromatic carbocycles. The number of aliphatic carboxylic acids is 1. The average molecular weight is 817 g/mol. The Labute approximate surface area is 342 Å². The molecule has 6 amide bonds. The largest absolute Gasteiger partial charge is 0.480 e. The Morgan fingerprint density at radius 2 is 1.33 bits per heavy atom. The molecule has 8 atom stereocenters. The Morgan fingerprint density at radius 1 is 0.776 bits per heavy atom. The molecule has 11 N–H and O–H groups in total. The van der Waals surface area contributed by atoms with E-state index in [1.54, 1.807) is 26.0 Å². The normalized spacial score (nSPS) is 17.6. The third-order valence-corrected chi connectivity index (χ3v) is 10.3. The molecule has 2 rings (SSSR count). The second-order valence-corrected chi connectivity index (χ2v) is 16.2. The zero-order valence-corrected chi connectivity index (χ0v) is 35.0. The molecule has 0 bridgehead atoms. The number of rotatable bonds is 25. The van der Waals surface area contributed by atoms with E-state index in [1.807, 2.05) is 45.9 Å². The van der Waals surface area contributed by atoms with Gasteiger partial charge in [0.2, 0.25) is 35.4 Å². The summed E-state index contributed by atoms with van der Waals surface area (Å²) in [5.74, 6) is -5.63. The molecule has 58 heavy (non-hydrogen) atoms. The number of likely N-dealkylation sites (tertiary alicyclic amines) is 1. The number of hydrogen-bond acceptors (Lipinski definition) is 10. The summed E-state index contributed by atoms with van der Waals surface area (Å²) in [6.45, 7) is 10.8. The average Bonchev–Trinajstić information content (AvgIpc) is 3.67. The number of carbonyl (C=O) groups is 7. The number of aliphatic hydroxyl groups is 1. The van der Waals surface area contributed by atoms with Crippen LogP contribution in [0.2, 0.25) is 0 Å². The van der Waals surface area contributed by atoms with Crippen molar-refractivity contribution in [2.24, 2.45) is 29.2 Å². The van der Waals surface area contributed by atoms with Crippen LogP contribution in [-0.2, 0) is 40.0 Å². The van der Waals surface area contributed by atoms with Crippen LogP contribution in [0.5, 0.6) is 0 Å². The van der Waals surface area contributed by atoms with Crippen LogP contribution in [0.1, 0.15) is 98.5 Å². The molecule has 17 heteroatoms. The Balaban J connectivity index is 2.31. The summed E-state index contributed by atoms with van der Waals surface area (Å²) < 4.78 is 0. The summed E-state index contributed by atoms with van der Waals surface area (Å²) in [4.78, 5) is 95.1. The van der Waals surface area contributed by atoms with Crippen molar-refractivity contribution in [3.8, 4) is 0 Å². The predicted octanol–water partition coefficient (Wildman–Crippen LogP) is 0.316. The number of benzene rings is 1. The van der Waals surface area contributed by atoms with E-state index in [9.17, 15) is 43.8 Å². The van der Waals surface area contributed by atoms with Crippen LogP contribution in [0, 0.1) is 17.8 Å². The van der Waals surface area contributed by atoms with E-state index >= 15 is 0 Å². The van der Waals surface area contributed by atoms with E-state index in [-0.39, 0.29) is 44.1 Å². The van der Waals surface area contributed by atoms with Crippen LogP contribution in [0.3, 0.4) is 0 Å². The maximum Gasteiger partial charge on any atom is 0.326 e. The molecule has 0 spiro atoms. The number of unbranched alkanes of at least 4 members (excludes halogenated alkanes) is 1. The van der Waals surface area contributed by atoms with Crippen LogP contribution in [0.4, 0.5) is 0 Å². The van der Waals surface area contributed by atoms with Crippen molar-refractivity contribution in [3.63, 3.8) is 0 Å². The molecule has 0 aliphatic carbocycles. The van der Waals surface area contributed by atoms with Crippen LogP contribution >= 0.6 is 0 Å². The Bertz CT molecular complexity index is 1510. The number of nitrogens with two attached hydrogens (primary N) is 2. The van der Waals surface area contributed by atoms with Gasteiger partial charge in [-0.25, -0.2) is 4.79 Å². The molecule has 0 saturated carbocycles. The highest BCUT2D eigenvalue weighted by atomic mass is 16.4. The van der Waals surface area contributed by atoms with Crippen LogP contribution in [-0.4, -0.2) is 119 Å².